The molecule has 0 radical (unpaired) electrons. The minimum absolute atomic E-state index is 0.438. The maximum atomic E-state index is 12.3. The Hall–Kier alpha value is -1.28. The summed E-state index contributed by atoms with van der Waals surface area (Å²) >= 11 is 0. The maximum absolute atomic E-state index is 12.3. The molecule has 4 nitrogen and oxygen atoms in total. The van der Waals surface area contributed by atoms with Crippen molar-refractivity contribution in [2.45, 2.75) is 36.3 Å². The van der Waals surface area contributed by atoms with Crippen molar-refractivity contribution in [3.63, 3.8) is 0 Å². The van der Waals surface area contributed by atoms with Gasteiger partial charge in [-0.25, -0.2) is 8.42 Å². The summed E-state index contributed by atoms with van der Waals surface area (Å²) in [5.74, 6) is 0. The highest BCUT2D eigenvalue weighted by Crippen LogP contribution is 2.30. The molecule has 8 heteroatoms. The Kier molecular flexibility index (Phi) is 5.41. The minimum atomic E-state index is -5.30. The van der Waals surface area contributed by atoms with Gasteiger partial charge in [0, 0.05) is 12.2 Å². The second kappa shape index (κ2) is 6.45. The Morgan fingerprint density at radius 3 is 2.25 bits per heavy atom. The van der Waals surface area contributed by atoms with Gasteiger partial charge in [0.25, 0.3) is 9.84 Å². The number of halogens is 3. The molecular weight excluding hydrogens is 295 g/mol. The van der Waals surface area contributed by atoms with Gasteiger partial charge in [0.15, 0.2) is 0 Å². The van der Waals surface area contributed by atoms with Gasteiger partial charge in [0.05, 0.1) is 11.0 Å². The number of alkyl halides is 3. The molecule has 114 valence electrons. The fourth-order valence-electron chi connectivity index (χ4n) is 1.47. The van der Waals surface area contributed by atoms with E-state index in [1.807, 2.05) is 6.92 Å². The summed E-state index contributed by atoms with van der Waals surface area (Å²) in [6.45, 7) is 2.28. The van der Waals surface area contributed by atoms with Crippen LogP contribution in [0.25, 0.3) is 0 Å². The Labute approximate surface area is 115 Å². The number of hydrogen-bond donors (Lipinski definition) is 2. The lowest BCUT2D eigenvalue weighted by molar-refractivity contribution is -0.0436. The van der Waals surface area contributed by atoms with Crippen LogP contribution in [0.2, 0.25) is 0 Å². The predicted molar refractivity (Wildman–Crippen MR) is 69.1 cm³/mol. The van der Waals surface area contributed by atoms with E-state index >= 15 is 0 Å². The molecule has 0 aliphatic carbocycles. The second-order valence-electron chi connectivity index (χ2n) is 4.25. The first-order valence-corrected chi connectivity index (χ1v) is 7.50. The summed E-state index contributed by atoms with van der Waals surface area (Å²) in [4.78, 5) is -0.788. The van der Waals surface area contributed by atoms with Crippen molar-refractivity contribution in [2.24, 2.45) is 0 Å². The monoisotopic (exact) mass is 311 g/mol. The van der Waals surface area contributed by atoms with E-state index in [1.54, 1.807) is 0 Å². The van der Waals surface area contributed by atoms with E-state index < -0.39 is 26.3 Å². The number of aliphatic hydroxyl groups is 1. The average Bonchev–Trinajstić information content (AvgIpc) is 2.37. The first kappa shape index (κ1) is 16.8. The predicted octanol–water partition coefficient (Wildman–Crippen LogP) is 2.55. The maximum Gasteiger partial charge on any atom is 0.501 e. The van der Waals surface area contributed by atoms with Gasteiger partial charge in [-0.2, -0.15) is 13.2 Å². The smallest absolute Gasteiger partial charge is 0.393 e. The lowest BCUT2D eigenvalue weighted by atomic mass is 10.2. The molecule has 1 aromatic rings. The van der Waals surface area contributed by atoms with Crippen molar-refractivity contribution in [2.75, 3.05) is 11.9 Å². The van der Waals surface area contributed by atoms with Crippen LogP contribution in [0.15, 0.2) is 29.2 Å². The number of rotatable bonds is 6. The van der Waals surface area contributed by atoms with E-state index in [9.17, 15) is 26.7 Å². The Morgan fingerprint density at radius 1 is 1.25 bits per heavy atom. The summed E-state index contributed by atoms with van der Waals surface area (Å²) in [5, 5.41) is 12.2. The van der Waals surface area contributed by atoms with E-state index in [0.29, 0.717) is 25.1 Å². The zero-order valence-corrected chi connectivity index (χ0v) is 11.6. The fourth-order valence-corrected chi connectivity index (χ4v) is 2.23. The van der Waals surface area contributed by atoms with E-state index in [1.165, 1.54) is 12.1 Å². The summed E-state index contributed by atoms with van der Waals surface area (Å²) in [7, 11) is -5.30. The SMILES string of the molecule is CCC(O)CCNc1ccc(S(=O)(=O)C(F)(F)F)cc1. The topological polar surface area (TPSA) is 66.4 Å². The van der Waals surface area contributed by atoms with Crippen LogP contribution < -0.4 is 5.32 Å². The Bertz CT molecular complexity index is 526. The standard InChI is InChI=1S/C12H16F3NO3S/c1-2-10(17)7-8-16-9-3-5-11(6-4-9)20(18,19)12(13,14)15/h3-6,10,16-17H,2,7-8H2,1H3. The first-order valence-electron chi connectivity index (χ1n) is 6.02. The Morgan fingerprint density at radius 2 is 1.80 bits per heavy atom. The minimum Gasteiger partial charge on any atom is -0.393 e. The lowest BCUT2D eigenvalue weighted by Crippen LogP contribution is -2.23. The molecule has 0 aromatic heterocycles. The van der Waals surface area contributed by atoms with Crippen LogP contribution in [-0.2, 0) is 9.84 Å². The molecule has 0 saturated heterocycles. The molecule has 1 unspecified atom stereocenters. The molecule has 0 fully saturated rings. The quantitative estimate of drug-likeness (QED) is 0.847. The largest absolute Gasteiger partial charge is 0.501 e. The number of sulfone groups is 1. The first-order chi connectivity index (χ1) is 9.18. The summed E-state index contributed by atoms with van der Waals surface area (Å²) in [6.07, 6.45) is 0.677. The lowest BCUT2D eigenvalue weighted by Gasteiger charge is -2.11. The number of hydrogen-bond acceptors (Lipinski definition) is 4. The molecule has 0 amide bonds. The van der Waals surface area contributed by atoms with Gasteiger partial charge >= 0.3 is 5.51 Å². The highest BCUT2D eigenvalue weighted by molar-refractivity contribution is 7.92. The van der Waals surface area contributed by atoms with E-state index in [4.69, 9.17) is 0 Å². The molecule has 1 rings (SSSR count). The average molecular weight is 311 g/mol. The Balaban J connectivity index is 2.71. The van der Waals surface area contributed by atoms with Crippen LogP contribution in [0, 0.1) is 0 Å². The molecule has 0 aliphatic rings. The van der Waals surface area contributed by atoms with Gasteiger partial charge < -0.3 is 10.4 Å². The molecule has 0 saturated carbocycles. The zero-order chi connectivity index (χ0) is 15.4. The summed E-state index contributed by atoms with van der Waals surface area (Å²) in [6, 6.07) is 4.33. The van der Waals surface area contributed by atoms with Gasteiger partial charge in [-0.15, -0.1) is 0 Å². The third-order valence-corrected chi connectivity index (χ3v) is 4.25. The molecule has 2 N–H and O–H groups in total. The molecule has 0 aliphatic heterocycles. The van der Waals surface area contributed by atoms with E-state index in [2.05, 4.69) is 5.32 Å². The molecule has 1 atom stereocenters. The van der Waals surface area contributed by atoms with Gasteiger partial charge in [0.1, 0.15) is 0 Å². The summed E-state index contributed by atoms with van der Waals surface area (Å²) in [5.41, 5.74) is -4.80. The molecule has 0 bridgehead atoms. The van der Waals surface area contributed by atoms with Crippen molar-refractivity contribution >= 4 is 15.5 Å². The third-order valence-electron chi connectivity index (χ3n) is 2.75. The number of anilines is 1. The van der Waals surface area contributed by atoms with Gasteiger partial charge in [-0.1, -0.05) is 6.92 Å². The van der Waals surface area contributed by atoms with Crippen molar-refractivity contribution < 1.29 is 26.7 Å². The van der Waals surface area contributed by atoms with Crippen LogP contribution in [0.5, 0.6) is 0 Å². The third kappa shape index (κ3) is 4.11. The highest BCUT2D eigenvalue weighted by Gasteiger charge is 2.46. The van der Waals surface area contributed by atoms with E-state index in [-0.39, 0.29) is 0 Å². The van der Waals surface area contributed by atoms with Crippen LogP contribution in [0.3, 0.4) is 0 Å². The van der Waals surface area contributed by atoms with Crippen LogP contribution in [-0.4, -0.2) is 31.7 Å². The summed E-state index contributed by atoms with van der Waals surface area (Å²) < 4.78 is 59.2. The van der Waals surface area contributed by atoms with Gasteiger partial charge in [-0.05, 0) is 37.1 Å². The number of benzene rings is 1. The molecule has 1 aromatic carbocycles. The normalized spacial score (nSPS) is 14.1. The highest BCUT2D eigenvalue weighted by atomic mass is 32.2. The molecule has 0 spiro atoms. The van der Waals surface area contributed by atoms with E-state index in [0.717, 1.165) is 12.1 Å². The van der Waals surface area contributed by atoms with Crippen LogP contribution in [0.4, 0.5) is 18.9 Å². The van der Waals surface area contributed by atoms with Crippen molar-refractivity contribution in [3.8, 4) is 0 Å². The fraction of sp³-hybridized carbons (Fsp3) is 0.500. The van der Waals surface area contributed by atoms with Crippen molar-refractivity contribution in [3.05, 3.63) is 24.3 Å². The number of nitrogens with one attached hydrogen (secondary N) is 1. The van der Waals surface area contributed by atoms with Crippen molar-refractivity contribution in [1.29, 1.82) is 0 Å². The van der Waals surface area contributed by atoms with Crippen molar-refractivity contribution in [1.82, 2.24) is 0 Å². The second-order valence-corrected chi connectivity index (χ2v) is 6.19. The zero-order valence-electron chi connectivity index (χ0n) is 10.8. The molecular formula is C12H16F3NO3S. The van der Waals surface area contributed by atoms with Crippen LogP contribution in [0.1, 0.15) is 19.8 Å². The number of aliphatic hydroxyl groups excluding tert-OH is 1. The molecule has 0 heterocycles. The van der Waals surface area contributed by atoms with Gasteiger partial charge in [-0.3, -0.25) is 0 Å². The van der Waals surface area contributed by atoms with Gasteiger partial charge in [0.2, 0.25) is 0 Å². The van der Waals surface area contributed by atoms with Crippen LogP contribution >= 0.6 is 0 Å². The molecule has 20 heavy (non-hydrogen) atoms.